The van der Waals surface area contributed by atoms with Gasteiger partial charge in [0.15, 0.2) is 5.65 Å². The fraction of sp³-hybridized carbons (Fsp3) is 0.250. The average Bonchev–Trinajstić information content (AvgIpc) is 2.79. The quantitative estimate of drug-likeness (QED) is 0.514. The van der Waals surface area contributed by atoms with Crippen molar-refractivity contribution in [2.24, 2.45) is 5.14 Å². The van der Waals surface area contributed by atoms with Gasteiger partial charge in [-0.05, 0) is 39.0 Å². The smallest absolute Gasteiger partial charge is 0.215 e. The number of pyridine rings is 2. The van der Waals surface area contributed by atoms with Gasteiger partial charge in [0.25, 0.3) is 0 Å². The Labute approximate surface area is 186 Å². The molecule has 11 heteroatoms. The highest BCUT2D eigenvalue weighted by molar-refractivity contribution is 8.27. The van der Waals surface area contributed by atoms with Crippen molar-refractivity contribution in [1.29, 1.82) is 0 Å². The number of methoxy groups -OCH3 is 1. The molecule has 1 amide bonds. The molecule has 166 valence electrons. The molecule has 0 saturated carbocycles. The SMILES string of the molecule is CC.CNc1cnc2nc(OC)ccc2c1N(C=O)Cc1c(F)cc(S(N)=S)cc1F. The first-order valence-electron chi connectivity index (χ1n) is 9.27. The number of hydrogen-bond acceptors (Lipinski definition) is 6. The maximum atomic E-state index is 14.5. The molecule has 7 nitrogen and oxygen atoms in total. The molecule has 0 bridgehead atoms. The van der Waals surface area contributed by atoms with Crippen molar-refractivity contribution >= 4 is 49.6 Å². The molecule has 0 spiro atoms. The number of carbonyl (C=O) groups is 1. The number of aromatic nitrogens is 2. The summed E-state index contributed by atoms with van der Waals surface area (Å²) in [4.78, 5) is 21.7. The Morgan fingerprint density at radius 2 is 1.94 bits per heavy atom. The van der Waals surface area contributed by atoms with Gasteiger partial charge in [-0.25, -0.2) is 13.8 Å². The average molecular weight is 468 g/mol. The molecule has 0 aliphatic carbocycles. The van der Waals surface area contributed by atoms with Crippen molar-refractivity contribution in [2.75, 3.05) is 24.4 Å². The summed E-state index contributed by atoms with van der Waals surface area (Å²) in [6.45, 7) is 3.65. The van der Waals surface area contributed by atoms with Crippen LogP contribution in [0.15, 0.2) is 35.4 Å². The van der Waals surface area contributed by atoms with Crippen molar-refractivity contribution in [1.82, 2.24) is 9.97 Å². The Morgan fingerprint density at radius 1 is 1.29 bits per heavy atom. The number of fused-ring (bicyclic) bond motifs is 1. The van der Waals surface area contributed by atoms with Crippen LogP contribution in [0, 0.1) is 11.6 Å². The summed E-state index contributed by atoms with van der Waals surface area (Å²) in [5.41, 5.74) is 0.907. The Morgan fingerprint density at radius 3 is 2.45 bits per heavy atom. The van der Waals surface area contributed by atoms with Crippen molar-refractivity contribution in [2.45, 2.75) is 25.3 Å². The van der Waals surface area contributed by atoms with E-state index < -0.39 is 21.3 Å². The van der Waals surface area contributed by atoms with E-state index in [1.807, 2.05) is 13.8 Å². The lowest BCUT2D eigenvalue weighted by Crippen LogP contribution is -2.24. The van der Waals surface area contributed by atoms with Crippen molar-refractivity contribution in [3.63, 3.8) is 0 Å². The van der Waals surface area contributed by atoms with Crippen molar-refractivity contribution in [3.05, 3.63) is 47.7 Å². The molecule has 1 aromatic carbocycles. The van der Waals surface area contributed by atoms with Gasteiger partial charge in [0.2, 0.25) is 12.3 Å². The number of carbonyl (C=O) groups excluding carboxylic acids is 1. The van der Waals surface area contributed by atoms with Gasteiger partial charge in [-0.15, -0.1) is 0 Å². The number of nitrogens with one attached hydrogen (secondary N) is 1. The predicted octanol–water partition coefficient (Wildman–Crippen LogP) is 3.46. The summed E-state index contributed by atoms with van der Waals surface area (Å²) < 4.78 is 34.2. The fourth-order valence-electron chi connectivity index (χ4n) is 2.84. The molecular weight excluding hydrogens is 444 g/mol. The molecule has 1 atom stereocenters. The van der Waals surface area contributed by atoms with Crippen molar-refractivity contribution < 1.29 is 18.3 Å². The summed E-state index contributed by atoms with van der Waals surface area (Å²) in [5, 5.41) is 9.00. The normalized spacial score (nSPS) is 11.3. The largest absolute Gasteiger partial charge is 0.481 e. The number of nitrogens with zero attached hydrogens (tertiary/aromatic N) is 3. The Kier molecular flexibility index (Phi) is 8.72. The molecule has 0 saturated heterocycles. The number of amides is 1. The fourth-order valence-corrected chi connectivity index (χ4v) is 3.57. The van der Waals surface area contributed by atoms with Gasteiger partial charge in [0.05, 0.1) is 31.2 Å². The minimum absolute atomic E-state index is 0.179. The third-order valence-electron chi connectivity index (χ3n) is 4.24. The molecule has 2 heterocycles. The third kappa shape index (κ3) is 5.30. The zero-order valence-electron chi connectivity index (χ0n) is 17.5. The van der Waals surface area contributed by atoms with E-state index in [9.17, 15) is 13.6 Å². The van der Waals surface area contributed by atoms with E-state index in [0.717, 1.165) is 12.1 Å². The Bertz CT molecular complexity index is 1090. The highest BCUT2D eigenvalue weighted by atomic mass is 32.8. The van der Waals surface area contributed by atoms with Gasteiger partial charge >= 0.3 is 0 Å². The standard InChI is InChI=1S/C18H17F2N5O2S2.C2H6/c1-22-15-7-23-18-11(3-4-16(24-18)27-2)17(15)25(9-26)8-12-13(19)5-10(29(21)28)6-14(12)20;1-2/h3-7,9,22H,8,21H2,1-2H3;1-2H3. The van der Waals surface area contributed by atoms with E-state index in [1.165, 1.54) is 18.2 Å². The van der Waals surface area contributed by atoms with Crippen LogP contribution < -0.4 is 20.1 Å². The van der Waals surface area contributed by atoms with Gasteiger partial charge in [0, 0.05) is 29.0 Å². The van der Waals surface area contributed by atoms with Crippen LogP contribution in [-0.2, 0) is 32.2 Å². The lowest BCUT2D eigenvalue weighted by Gasteiger charge is -2.23. The predicted molar refractivity (Wildman–Crippen MR) is 123 cm³/mol. The second-order valence-electron chi connectivity index (χ2n) is 5.89. The number of halogens is 2. The van der Waals surface area contributed by atoms with Crippen LogP contribution in [0.1, 0.15) is 19.4 Å². The van der Waals surface area contributed by atoms with E-state index in [2.05, 4.69) is 15.3 Å². The summed E-state index contributed by atoms with van der Waals surface area (Å²) in [5.74, 6) is -1.31. The monoisotopic (exact) mass is 467 g/mol. The Balaban J connectivity index is 0.00000166. The molecule has 3 N–H and O–H groups in total. The second kappa shape index (κ2) is 11.0. The van der Waals surface area contributed by atoms with Crippen LogP contribution in [0.25, 0.3) is 11.0 Å². The zero-order chi connectivity index (χ0) is 23.1. The topological polar surface area (TPSA) is 93.4 Å². The lowest BCUT2D eigenvalue weighted by molar-refractivity contribution is -0.107. The highest BCUT2D eigenvalue weighted by Crippen LogP contribution is 2.34. The minimum atomic E-state index is -1.20. The van der Waals surface area contributed by atoms with Crippen LogP contribution >= 0.6 is 0 Å². The molecule has 0 aliphatic heterocycles. The van der Waals surface area contributed by atoms with E-state index >= 15 is 0 Å². The third-order valence-corrected chi connectivity index (χ3v) is 5.52. The van der Waals surface area contributed by atoms with E-state index in [0.29, 0.717) is 34.7 Å². The zero-order valence-corrected chi connectivity index (χ0v) is 19.1. The molecule has 2 aromatic heterocycles. The maximum Gasteiger partial charge on any atom is 0.215 e. The first-order chi connectivity index (χ1) is 14.9. The number of anilines is 2. The van der Waals surface area contributed by atoms with Crippen LogP contribution in [0.4, 0.5) is 20.2 Å². The molecule has 31 heavy (non-hydrogen) atoms. The first kappa shape index (κ1) is 24.5. The van der Waals surface area contributed by atoms with Gasteiger partial charge in [-0.3, -0.25) is 9.93 Å². The molecular formula is C20H23F2N5O2S2. The van der Waals surface area contributed by atoms with Gasteiger partial charge in [-0.1, -0.05) is 13.8 Å². The number of nitrogens with two attached hydrogens (primary N) is 1. The van der Waals surface area contributed by atoms with Gasteiger partial charge in [0.1, 0.15) is 11.6 Å². The Hall–Kier alpha value is -2.76. The molecule has 3 aromatic rings. The highest BCUT2D eigenvalue weighted by Gasteiger charge is 2.21. The minimum Gasteiger partial charge on any atom is -0.481 e. The van der Waals surface area contributed by atoms with E-state index in [1.54, 1.807) is 19.2 Å². The van der Waals surface area contributed by atoms with Crippen molar-refractivity contribution in [3.8, 4) is 5.88 Å². The second-order valence-corrected chi connectivity index (χ2v) is 8.04. The van der Waals surface area contributed by atoms with Crippen LogP contribution in [-0.4, -0.2) is 30.5 Å². The lowest BCUT2D eigenvalue weighted by atomic mass is 10.1. The summed E-state index contributed by atoms with van der Waals surface area (Å²) in [7, 11) is 1.92. The van der Waals surface area contributed by atoms with Gasteiger partial charge in [-0.2, -0.15) is 4.98 Å². The van der Waals surface area contributed by atoms with E-state index in [-0.39, 0.29) is 17.0 Å². The number of rotatable bonds is 7. The summed E-state index contributed by atoms with van der Waals surface area (Å²) in [6.07, 6.45) is 1.97. The summed E-state index contributed by atoms with van der Waals surface area (Å²) in [6, 6.07) is 5.47. The van der Waals surface area contributed by atoms with Crippen LogP contribution in [0.5, 0.6) is 5.88 Å². The van der Waals surface area contributed by atoms with Crippen LogP contribution in [0.2, 0.25) is 0 Å². The van der Waals surface area contributed by atoms with Gasteiger partial charge < -0.3 is 15.0 Å². The number of ether oxygens (including phenoxy) is 1. The van der Waals surface area contributed by atoms with Crippen LogP contribution in [0.3, 0.4) is 0 Å². The molecule has 3 rings (SSSR count). The molecule has 1 unspecified atom stereocenters. The number of benzene rings is 1. The number of hydrogen-bond donors (Lipinski definition) is 2. The molecule has 0 aliphatic rings. The maximum absolute atomic E-state index is 14.5. The molecule has 0 radical (unpaired) electrons. The summed E-state index contributed by atoms with van der Waals surface area (Å²) >= 11 is 4.87. The first-order valence-corrected chi connectivity index (χ1v) is 11.5. The van der Waals surface area contributed by atoms with E-state index in [4.69, 9.17) is 21.1 Å². The molecule has 0 fully saturated rings.